The van der Waals surface area contributed by atoms with Crippen LogP contribution < -0.4 is 5.73 Å². The Bertz CT molecular complexity index is 616. The van der Waals surface area contributed by atoms with Gasteiger partial charge in [0.05, 0.1) is 10.4 Å². The van der Waals surface area contributed by atoms with Crippen LogP contribution in [0.25, 0.3) is 10.8 Å². The number of hydrogen-bond donors (Lipinski definition) is 1. The fraction of sp³-hybridized carbons (Fsp3) is 0.625. The second-order valence-electron chi connectivity index (χ2n) is 6.41. The molecular formula is C16H21N3OS. The smallest absolute Gasteiger partial charge is 0.268 e. The van der Waals surface area contributed by atoms with Crippen LogP contribution >= 0.6 is 11.3 Å². The van der Waals surface area contributed by atoms with Gasteiger partial charge in [0.15, 0.2) is 5.82 Å². The van der Waals surface area contributed by atoms with Crippen LogP contribution in [0.15, 0.2) is 10.6 Å². The number of aromatic nitrogens is 2. The fourth-order valence-electron chi connectivity index (χ4n) is 3.54. The first kappa shape index (κ1) is 13.5. The van der Waals surface area contributed by atoms with Crippen molar-refractivity contribution in [2.24, 2.45) is 5.73 Å². The summed E-state index contributed by atoms with van der Waals surface area (Å²) < 4.78 is 5.52. The summed E-state index contributed by atoms with van der Waals surface area (Å²) in [5.74, 6) is 1.35. The molecule has 0 saturated heterocycles. The van der Waals surface area contributed by atoms with E-state index in [1.165, 1.54) is 42.5 Å². The van der Waals surface area contributed by atoms with Crippen molar-refractivity contribution in [1.82, 2.24) is 10.1 Å². The average molecular weight is 303 g/mol. The van der Waals surface area contributed by atoms with Gasteiger partial charge >= 0.3 is 0 Å². The van der Waals surface area contributed by atoms with Crippen LogP contribution in [0.2, 0.25) is 0 Å². The van der Waals surface area contributed by atoms with Crippen molar-refractivity contribution in [3.8, 4) is 10.8 Å². The monoisotopic (exact) mass is 303 g/mol. The molecule has 2 heterocycles. The maximum atomic E-state index is 6.56. The van der Waals surface area contributed by atoms with E-state index >= 15 is 0 Å². The molecule has 0 radical (unpaired) electrons. The highest BCUT2D eigenvalue weighted by atomic mass is 32.1. The second kappa shape index (κ2) is 5.21. The Morgan fingerprint density at radius 3 is 2.67 bits per heavy atom. The maximum absolute atomic E-state index is 6.56. The van der Waals surface area contributed by atoms with Gasteiger partial charge in [-0.15, -0.1) is 11.3 Å². The number of aryl methyl sites for hydroxylation is 2. The summed E-state index contributed by atoms with van der Waals surface area (Å²) in [7, 11) is 0. The normalized spacial score (nSPS) is 21.2. The van der Waals surface area contributed by atoms with Crippen molar-refractivity contribution >= 4 is 11.3 Å². The molecule has 0 spiro atoms. The highest BCUT2D eigenvalue weighted by Gasteiger charge is 2.33. The lowest BCUT2D eigenvalue weighted by Gasteiger charge is -2.23. The standard InChI is InChI=1S/C16H21N3OS/c17-16(8-3-1-2-4-9-16)15-18-14(20-19-15)13-10-11-6-5-7-12(11)21-13/h10H,1-9,17H2. The number of nitrogens with two attached hydrogens (primary N) is 1. The Labute approximate surface area is 128 Å². The van der Waals surface area contributed by atoms with E-state index in [1.54, 1.807) is 11.3 Å². The van der Waals surface area contributed by atoms with Crippen molar-refractivity contribution < 1.29 is 4.52 Å². The van der Waals surface area contributed by atoms with E-state index in [2.05, 4.69) is 16.2 Å². The third kappa shape index (κ3) is 2.42. The van der Waals surface area contributed by atoms with Crippen molar-refractivity contribution in [2.45, 2.75) is 63.3 Å². The van der Waals surface area contributed by atoms with Crippen LogP contribution in [0.5, 0.6) is 0 Å². The molecule has 2 N–H and O–H groups in total. The Morgan fingerprint density at radius 1 is 1.10 bits per heavy atom. The van der Waals surface area contributed by atoms with E-state index in [0.717, 1.165) is 30.6 Å². The van der Waals surface area contributed by atoms with Crippen LogP contribution in [-0.2, 0) is 18.4 Å². The summed E-state index contributed by atoms with van der Waals surface area (Å²) in [4.78, 5) is 7.23. The number of fused-ring (bicyclic) bond motifs is 1. The third-order valence-corrected chi connectivity index (χ3v) is 6.05. The second-order valence-corrected chi connectivity index (χ2v) is 7.54. The maximum Gasteiger partial charge on any atom is 0.268 e. The minimum absolute atomic E-state index is 0.391. The molecule has 2 aromatic rings. The van der Waals surface area contributed by atoms with Crippen LogP contribution in [-0.4, -0.2) is 10.1 Å². The Hall–Kier alpha value is -1.20. The predicted molar refractivity (Wildman–Crippen MR) is 83.2 cm³/mol. The van der Waals surface area contributed by atoms with Crippen molar-refractivity contribution in [2.75, 3.05) is 0 Å². The molecule has 0 atom stereocenters. The summed E-state index contributed by atoms with van der Waals surface area (Å²) >= 11 is 1.80. The average Bonchev–Trinajstić information content (AvgIpc) is 3.13. The first-order valence-corrected chi connectivity index (χ1v) is 8.81. The first-order chi connectivity index (χ1) is 10.2. The van der Waals surface area contributed by atoms with Gasteiger partial charge in [-0.2, -0.15) is 4.98 Å². The van der Waals surface area contributed by atoms with E-state index in [9.17, 15) is 0 Å². The largest absolute Gasteiger partial charge is 0.333 e. The summed E-state index contributed by atoms with van der Waals surface area (Å²) in [6.45, 7) is 0. The van der Waals surface area contributed by atoms with E-state index < -0.39 is 5.54 Å². The van der Waals surface area contributed by atoms with Gasteiger partial charge < -0.3 is 10.3 Å². The van der Waals surface area contributed by atoms with E-state index in [-0.39, 0.29) is 0 Å². The molecule has 0 bridgehead atoms. The van der Waals surface area contributed by atoms with Gasteiger partial charge in [0.2, 0.25) is 0 Å². The van der Waals surface area contributed by atoms with Gasteiger partial charge in [0.25, 0.3) is 5.89 Å². The highest BCUT2D eigenvalue weighted by Crippen LogP contribution is 2.37. The number of hydrogen-bond acceptors (Lipinski definition) is 5. The molecule has 0 unspecified atom stereocenters. The number of thiophene rings is 1. The first-order valence-electron chi connectivity index (χ1n) is 8.00. The summed E-state index contributed by atoms with van der Waals surface area (Å²) in [5, 5.41) is 4.21. The third-order valence-electron chi connectivity index (χ3n) is 4.82. The molecule has 2 aliphatic rings. The molecule has 112 valence electrons. The zero-order chi connectivity index (χ0) is 14.3. The van der Waals surface area contributed by atoms with Crippen LogP contribution in [0.3, 0.4) is 0 Å². The number of nitrogens with zero attached hydrogens (tertiary/aromatic N) is 2. The summed E-state index contributed by atoms with van der Waals surface area (Å²) in [5.41, 5.74) is 7.64. The molecule has 5 heteroatoms. The molecule has 1 saturated carbocycles. The Kier molecular flexibility index (Phi) is 3.34. The van der Waals surface area contributed by atoms with Gasteiger partial charge in [-0.05, 0) is 43.7 Å². The highest BCUT2D eigenvalue weighted by molar-refractivity contribution is 7.15. The zero-order valence-corrected chi connectivity index (χ0v) is 13.0. The topological polar surface area (TPSA) is 64.9 Å². The lowest BCUT2D eigenvalue weighted by molar-refractivity contribution is 0.334. The van der Waals surface area contributed by atoms with Crippen molar-refractivity contribution in [1.29, 1.82) is 0 Å². The van der Waals surface area contributed by atoms with Gasteiger partial charge in [-0.3, -0.25) is 0 Å². The van der Waals surface area contributed by atoms with Gasteiger partial charge in [0, 0.05) is 4.88 Å². The molecule has 1 fully saturated rings. The number of rotatable bonds is 2. The van der Waals surface area contributed by atoms with Crippen LogP contribution in [0.4, 0.5) is 0 Å². The van der Waals surface area contributed by atoms with Crippen LogP contribution in [0.1, 0.15) is 61.2 Å². The van der Waals surface area contributed by atoms with Crippen molar-refractivity contribution in [3.05, 3.63) is 22.3 Å². The van der Waals surface area contributed by atoms with Crippen LogP contribution in [0, 0.1) is 0 Å². The molecule has 0 amide bonds. The molecular weight excluding hydrogens is 282 g/mol. The van der Waals surface area contributed by atoms with E-state index in [1.807, 2.05) is 0 Å². The molecule has 0 aromatic carbocycles. The molecule has 21 heavy (non-hydrogen) atoms. The van der Waals surface area contributed by atoms with Crippen molar-refractivity contribution in [3.63, 3.8) is 0 Å². The summed E-state index contributed by atoms with van der Waals surface area (Å²) in [6, 6.07) is 2.22. The summed E-state index contributed by atoms with van der Waals surface area (Å²) in [6.07, 6.45) is 10.4. The SMILES string of the molecule is NC1(c2noc(-c3cc4c(s3)CCC4)n2)CCCCCC1. The zero-order valence-electron chi connectivity index (χ0n) is 12.2. The molecule has 4 nitrogen and oxygen atoms in total. The Balaban J connectivity index is 1.62. The quantitative estimate of drug-likeness (QED) is 0.857. The fourth-order valence-corrected chi connectivity index (χ4v) is 4.72. The molecule has 0 aliphatic heterocycles. The molecule has 4 rings (SSSR count). The lowest BCUT2D eigenvalue weighted by Crippen LogP contribution is -2.37. The van der Waals surface area contributed by atoms with E-state index in [4.69, 9.17) is 10.3 Å². The molecule has 2 aromatic heterocycles. The minimum atomic E-state index is -0.391. The minimum Gasteiger partial charge on any atom is -0.333 e. The van der Waals surface area contributed by atoms with Gasteiger partial charge in [-0.1, -0.05) is 30.8 Å². The lowest BCUT2D eigenvalue weighted by atomic mass is 9.91. The van der Waals surface area contributed by atoms with Gasteiger partial charge in [0.1, 0.15) is 0 Å². The molecule has 2 aliphatic carbocycles. The Morgan fingerprint density at radius 2 is 1.90 bits per heavy atom. The van der Waals surface area contributed by atoms with E-state index in [0.29, 0.717) is 11.7 Å². The predicted octanol–water partition coefficient (Wildman–Crippen LogP) is 3.80. The van der Waals surface area contributed by atoms with Gasteiger partial charge in [-0.25, -0.2) is 0 Å².